The molecular formula is C21H20N2O7. The summed E-state index contributed by atoms with van der Waals surface area (Å²) in [5.74, 6) is -3.38. The topological polar surface area (TPSA) is 133 Å². The number of rotatable bonds is 6. The van der Waals surface area contributed by atoms with Crippen LogP contribution in [-0.4, -0.2) is 47.6 Å². The van der Waals surface area contributed by atoms with Crippen LogP contribution in [0.15, 0.2) is 42.5 Å². The molecule has 1 aliphatic heterocycles. The summed E-state index contributed by atoms with van der Waals surface area (Å²) >= 11 is 0. The molecule has 1 aliphatic rings. The monoisotopic (exact) mass is 412 g/mol. The third kappa shape index (κ3) is 4.40. The molecule has 1 heterocycles. The Kier molecular flexibility index (Phi) is 6.01. The summed E-state index contributed by atoms with van der Waals surface area (Å²) in [6.07, 6.45) is -0.333. The molecule has 0 aliphatic carbocycles. The van der Waals surface area contributed by atoms with Gasteiger partial charge in [-0.3, -0.25) is 14.4 Å². The molecule has 30 heavy (non-hydrogen) atoms. The van der Waals surface area contributed by atoms with Crippen molar-refractivity contribution >= 4 is 35.1 Å². The molecule has 156 valence electrons. The average molecular weight is 412 g/mol. The summed E-state index contributed by atoms with van der Waals surface area (Å²) in [5, 5.41) is 21.4. The summed E-state index contributed by atoms with van der Waals surface area (Å²) in [5.41, 5.74) is 1.05. The second-order valence-corrected chi connectivity index (χ2v) is 6.83. The predicted molar refractivity (Wildman–Crippen MR) is 106 cm³/mol. The van der Waals surface area contributed by atoms with Gasteiger partial charge in [0.05, 0.1) is 36.4 Å². The van der Waals surface area contributed by atoms with Gasteiger partial charge in [0.15, 0.2) is 0 Å². The second kappa shape index (κ2) is 8.64. The van der Waals surface area contributed by atoms with Gasteiger partial charge in [-0.05, 0) is 29.8 Å². The lowest BCUT2D eigenvalue weighted by Crippen LogP contribution is -2.29. The number of methoxy groups -OCH3 is 1. The van der Waals surface area contributed by atoms with Gasteiger partial charge in [0.1, 0.15) is 5.75 Å². The van der Waals surface area contributed by atoms with Crippen LogP contribution in [0.25, 0.3) is 0 Å². The minimum atomic E-state index is -1.04. The number of aliphatic carboxylic acids is 1. The number of aromatic hydroxyl groups is 1. The van der Waals surface area contributed by atoms with E-state index in [1.54, 1.807) is 18.2 Å². The Morgan fingerprint density at radius 3 is 2.63 bits per heavy atom. The molecule has 2 aromatic rings. The van der Waals surface area contributed by atoms with Gasteiger partial charge in [-0.25, -0.2) is 4.79 Å². The Balaban J connectivity index is 1.77. The van der Waals surface area contributed by atoms with Crippen LogP contribution >= 0.6 is 0 Å². The van der Waals surface area contributed by atoms with E-state index in [1.165, 1.54) is 36.3 Å². The van der Waals surface area contributed by atoms with E-state index in [0.717, 1.165) is 0 Å². The Labute approximate surface area is 171 Å². The highest BCUT2D eigenvalue weighted by molar-refractivity contribution is 6.07. The summed E-state index contributed by atoms with van der Waals surface area (Å²) in [4.78, 5) is 49.4. The van der Waals surface area contributed by atoms with E-state index in [-0.39, 0.29) is 42.3 Å². The van der Waals surface area contributed by atoms with Crippen LogP contribution in [0.3, 0.4) is 0 Å². The zero-order valence-corrected chi connectivity index (χ0v) is 16.1. The van der Waals surface area contributed by atoms with Gasteiger partial charge >= 0.3 is 11.9 Å². The maximum atomic E-state index is 12.7. The van der Waals surface area contributed by atoms with Crippen molar-refractivity contribution in [2.45, 2.75) is 12.8 Å². The number of para-hydroxylation sites is 1. The first-order valence-corrected chi connectivity index (χ1v) is 9.12. The number of phenolic OH excluding ortho intramolecular Hbond substituents is 1. The van der Waals surface area contributed by atoms with Crippen LogP contribution in [0.2, 0.25) is 0 Å². The number of nitrogens with one attached hydrogen (secondary N) is 1. The summed E-state index contributed by atoms with van der Waals surface area (Å²) < 4.78 is 4.75. The number of amides is 2. The van der Waals surface area contributed by atoms with Crippen LogP contribution in [0, 0.1) is 5.92 Å². The highest BCUT2D eigenvalue weighted by Crippen LogP contribution is 2.31. The van der Waals surface area contributed by atoms with Crippen molar-refractivity contribution in [2.24, 2.45) is 5.92 Å². The number of nitrogens with zero attached hydrogens (tertiary/aromatic N) is 1. The number of phenols is 1. The van der Waals surface area contributed by atoms with Crippen molar-refractivity contribution in [3.8, 4) is 5.75 Å². The molecule has 1 saturated heterocycles. The van der Waals surface area contributed by atoms with Crippen LogP contribution in [0.1, 0.15) is 22.3 Å². The molecule has 1 unspecified atom stereocenters. The molecule has 9 heteroatoms. The van der Waals surface area contributed by atoms with Gasteiger partial charge in [0, 0.05) is 13.0 Å². The number of ether oxygens (including phenoxy) is 1. The molecule has 2 aromatic carbocycles. The first-order chi connectivity index (χ1) is 14.3. The smallest absolute Gasteiger partial charge is 0.339 e. The summed E-state index contributed by atoms with van der Waals surface area (Å²) in [6.45, 7) is 0.0499. The molecule has 1 fully saturated rings. The molecule has 9 nitrogen and oxygen atoms in total. The van der Waals surface area contributed by atoms with Crippen molar-refractivity contribution in [1.29, 1.82) is 0 Å². The molecule has 1 atom stereocenters. The number of hydrogen-bond acceptors (Lipinski definition) is 6. The molecular weight excluding hydrogens is 392 g/mol. The van der Waals surface area contributed by atoms with Crippen molar-refractivity contribution in [1.82, 2.24) is 0 Å². The van der Waals surface area contributed by atoms with Gasteiger partial charge in [-0.1, -0.05) is 18.2 Å². The third-order valence-electron chi connectivity index (χ3n) is 4.77. The van der Waals surface area contributed by atoms with E-state index < -0.39 is 23.8 Å². The van der Waals surface area contributed by atoms with Crippen LogP contribution in [0.5, 0.6) is 5.75 Å². The number of hydrogen-bond donors (Lipinski definition) is 3. The van der Waals surface area contributed by atoms with Crippen molar-refractivity contribution in [2.75, 3.05) is 23.9 Å². The normalized spacial score (nSPS) is 15.7. The molecule has 3 rings (SSSR count). The van der Waals surface area contributed by atoms with Crippen LogP contribution in [-0.2, 0) is 25.5 Å². The van der Waals surface area contributed by atoms with Gasteiger partial charge in [-0.2, -0.15) is 0 Å². The SMILES string of the molecule is COC(=O)c1ccccc1N1CC(C(=O)Nc2cc(CC(=O)O)ccc2O)CC1=O. The first-order valence-electron chi connectivity index (χ1n) is 9.12. The minimum Gasteiger partial charge on any atom is -0.506 e. The lowest BCUT2D eigenvalue weighted by Gasteiger charge is -2.19. The molecule has 2 amide bonds. The van der Waals surface area contributed by atoms with E-state index in [2.05, 4.69) is 5.32 Å². The highest BCUT2D eigenvalue weighted by atomic mass is 16.5. The summed E-state index contributed by atoms with van der Waals surface area (Å²) in [7, 11) is 1.24. The Morgan fingerprint density at radius 1 is 1.20 bits per heavy atom. The predicted octanol–water partition coefficient (Wildman–Crippen LogP) is 1.80. The number of esters is 1. The molecule has 0 saturated carbocycles. The Morgan fingerprint density at radius 2 is 1.93 bits per heavy atom. The number of carbonyl (C=O) groups excluding carboxylic acids is 3. The molecule has 0 radical (unpaired) electrons. The van der Waals surface area contributed by atoms with Gasteiger partial charge in [-0.15, -0.1) is 0 Å². The van der Waals surface area contributed by atoms with E-state index in [0.29, 0.717) is 11.3 Å². The van der Waals surface area contributed by atoms with Gasteiger partial charge in [0.2, 0.25) is 11.8 Å². The minimum absolute atomic E-state index is 0.0499. The zero-order valence-electron chi connectivity index (χ0n) is 16.1. The number of anilines is 2. The molecule has 0 bridgehead atoms. The maximum absolute atomic E-state index is 12.7. The Bertz CT molecular complexity index is 1020. The standard InChI is InChI=1S/C21H20N2O7/c1-30-21(29)14-4-2-3-5-16(14)23-11-13(10-18(23)25)20(28)22-15-8-12(9-19(26)27)6-7-17(15)24/h2-8,13,24H,9-11H2,1H3,(H,22,28)(H,26,27). The lowest BCUT2D eigenvalue weighted by atomic mass is 10.1. The second-order valence-electron chi connectivity index (χ2n) is 6.83. The van der Waals surface area contributed by atoms with Crippen LogP contribution in [0.4, 0.5) is 11.4 Å². The fourth-order valence-corrected chi connectivity index (χ4v) is 3.31. The van der Waals surface area contributed by atoms with Gasteiger partial charge < -0.3 is 25.2 Å². The number of carboxylic acid groups (broad SMARTS) is 1. The number of carbonyl (C=O) groups is 4. The quantitative estimate of drug-likeness (QED) is 0.487. The lowest BCUT2D eigenvalue weighted by molar-refractivity contribution is -0.136. The largest absolute Gasteiger partial charge is 0.506 e. The number of benzene rings is 2. The maximum Gasteiger partial charge on any atom is 0.339 e. The van der Waals surface area contributed by atoms with E-state index in [1.807, 2.05) is 0 Å². The molecule has 0 aromatic heterocycles. The fourth-order valence-electron chi connectivity index (χ4n) is 3.31. The summed E-state index contributed by atoms with van der Waals surface area (Å²) in [6, 6.07) is 10.6. The highest BCUT2D eigenvalue weighted by Gasteiger charge is 2.37. The van der Waals surface area contributed by atoms with Crippen molar-refractivity contribution in [3.05, 3.63) is 53.6 Å². The third-order valence-corrected chi connectivity index (χ3v) is 4.77. The number of carboxylic acids is 1. The molecule has 0 spiro atoms. The zero-order chi connectivity index (χ0) is 21.8. The fraction of sp³-hybridized carbons (Fsp3) is 0.238. The van der Waals surface area contributed by atoms with Crippen LogP contribution < -0.4 is 10.2 Å². The van der Waals surface area contributed by atoms with Gasteiger partial charge in [0.25, 0.3) is 0 Å². The average Bonchev–Trinajstić information content (AvgIpc) is 3.11. The van der Waals surface area contributed by atoms with Crippen molar-refractivity contribution in [3.63, 3.8) is 0 Å². The molecule has 3 N–H and O–H groups in total. The van der Waals surface area contributed by atoms with E-state index >= 15 is 0 Å². The first kappa shape index (κ1) is 20.8. The van der Waals surface area contributed by atoms with E-state index in [4.69, 9.17) is 9.84 Å². The van der Waals surface area contributed by atoms with E-state index in [9.17, 15) is 24.3 Å². The van der Waals surface area contributed by atoms with Crippen molar-refractivity contribution < 1.29 is 34.1 Å². The Hall–Kier alpha value is -3.88.